The molecule has 0 aromatic heterocycles. The lowest BCUT2D eigenvalue weighted by Gasteiger charge is -2.12. The molecule has 0 aliphatic heterocycles. The van der Waals surface area contributed by atoms with Crippen LogP contribution in [-0.2, 0) is 27.8 Å². The van der Waals surface area contributed by atoms with Crippen LogP contribution in [0.1, 0.15) is 16.7 Å². The molecule has 0 saturated carbocycles. The van der Waals surface area contributed by atoms with Gasteiger partial charge in [0, 0.05) is 19.5 Å². The number of para-hydroxylation sites is 1. The van der Waals surface area contributed by atoms with Crippen LogP contribution in [0.5, 0.6) is 5.75 Å². The van der Waals surface area contributed by atoms with Gasteiger partial charge >= 0.3 is 0 Å². The first-order chi connectivity index (χ1) is 15.0. The third kappa shape index (κ3) is 7.88. The van der Waals surface area contributed by atoms with Crippen LogP contribution in [0.25, 0.3) is 0 Å². The quantitative estimate of drug-likeness (QED) is 0.482. The van der Waals surface area contributed by atoms with Gasteiger partial charge in [-0.05, 0) is 22.8 Å². The zero-order chi connectivity index (χ0) is 21.9. The molecule has 0 aliphatic rings. The van der Waals surface area contributed by atoms with Crippen molar-refractivity contribution in [3.8, 4) is 5.75 Å². The molecule has 0 fully saturated rings. The Kier molecular flexibility index (Phi) is 8.20. The maximum atomic E-state index is 12.1. The summed E-state index contributed by atoms with van der Waals surface area (Å²) in [6.45, 7) is 0.0553. The highest BCUT2D eigenvalue weighted by Crippen LogP contribution is 2.21. The molecule has 3 rings (SSSR count). The van der Waals surface area contributed by atoms with E-state index in [4.69, 9.17) is 4.74 Å². The topological polar surface area (TPSA) is 84.5 Å². The number of sulfonamides is 1. The lowest BCUT2D eigenvalue weighted by atomic mass is 10.0. The second-order valence-corrected chi connectivity index (χ2v) is 8.96. The summed E-state index contributed by atoms with van der Waals surface area (Å²) in [5, 5.41) is 2.59. The number of hydrogen-bond donors (Lipinski definition) is 2. The monoisotopic (exact) mass is 438 g/mol. The lowest BCUT2D eigenvalue weighted by molar-refractivity contribution is -0.122. The third-order valence-electron chi connectivity index (χ3n) is 4.60. The van der Waals surface area contributed by atoms with E-state index < -0.39 is 10.0 Å². The number of benzene rings is 3. The lowest BCUT2D eigenvalue weighted by Crippen LogP contribution is -2.36. The van der Waals surface area contributed by atoms with Gasteiger partial charge in [-0.2, -0.15) is 0 Å². The van der Waals surface area contributed by atoms with Gasteiger partial charge in [0.1, 0.15) is 5.75 Å². The molecule has 3 aromatic rings. The van der Waals surface area contributed by atoms with Crippen LogP contribution in [-0.4, -0.2) is 33.2 Å². The van der Waals surface area contributed by atoms with Crippen molar-refractivity contribution in [2.24, 2.45) is 0 Å². The van der Waals surface area contributed by atoms with E-state index in [0.29, 0.717) is 12.2 Å². The van der Waals surface area contributed by atoms with E-state index in [1.807, 2.05) is 84.9 Å². The maximum Gasteiger partial charge on any atom is 0.257 e. The smallest absolute Gasteiger partial charge is 0.257 e. The summed E-state index contributed by atoms with van der Waals surface area (Å²) in [5.41, 5.74) is 3.00. The van der Waals surface area contributed by atoms with Crippen molar-refractivity contribution in [3.63, 3.8) is 0 Å². The standard InChI is InChI=1S/C24H26N2O4S/c27-24(25-15-16-31(28,29)26-18-21-11-5-2-6-12-21)19-30-23-14-8-7-13-22(23)17-20-9-3-1-4-10-20/h1-14,26H,15-19H2,(H,25,27). The number of carbonyl (C=O) groups is 1. The van der Waals surface area contributed by atoms with E-state index in [9.17, 15) is 13.2 Å². The van der Waals surface area contributed by atoms with Crippen molar-refractivity contribution in [1.82, 2.24) is 10.0 Å². The molecule has 0 radical (unpaired) electrons. The molecule has 0 spiro atoms. The summed E-state index contributed by atoms with van der Waals surface area (Å²) in [4.78, 5) is 12.1. The summed E-state index contributed by atoms with van der Waals surface area (Å²) < 4.78 is 32.4. The minimum atomic E-state index is -3.49. The SMILES string of the molecule is O=C(COc1ccccc1Cc1ccccc1)NCCS(=O)(=O)NCc1ccccc1. The van der Waals surface area contributed by atoms with Crippen LogP contribution in [0.15, 0.2) is 84.9 Å². The highest BCUT2D eigenvalue weighted by molar-refractivity contribution is 7.89. The second kappa shape index (κ2) is 11.3. The van der Waals surface area contributed by atoms with Crippen molar-refractivity contribution in [2.45, 2.75) is 13.0 Å². The zero-order valence-electron chi connectivity index (χ0n) is 17.2. The Morgan fingerprint density at radius 1 is 0.806 bits per heavy atom. The fourth-order valence-corrected chi connectivity index (χ4v) is 3.89. The van der Waals surface area contributed by atoms with Crippen molar-refractivity contribution in [3.05, 3.63) is 102 Å². The van der Waals surface area contributed by atoms with Crippen LogP contribution < -0.4 is 14.8 Å². The predicted molar refractivity (Wildman–Crippen MR) is 121 cm³/mol. The minimum absolute atomic E-state index is 0.0119. The van der Waals surface area contributed by atoms with Crippen LogP contribution in [0.3, 0.4) is 0 Å². The second-order valence-electron chi connectivity index (χ2n) is 7.03. The van der Waals surface area contributed by atoms with Gasteiger partial charge in [-0.1, -0.05) is 78.9 Å². The summed E-state index contributed by atoms with van der Waals surface area (Å²) >= 11 is 0. The summed E-state index contributed by atoms with van der Waals surface area (Å²) in [6, 6.07) is 26.8. The Morgan fingerprint density at radius 3 is 2.13 bits per heavy atom. The van der Waals surface area contributed by atoms with E-state index in [1.165, 1.54) is 0 Å². The summed E-state index contributed by atoms with van der Waals surface area (Å²) in [6.07, 6.45) is 0.698. The highest BCUT2D eigenvalue weighted by atomic mass is 32.2. The van der Waals surface area contributed by atoms with E-state index in [2.05, 4.69) is 10.0 Å². The highest BCUT2D eigenvalue weighted by Gasteiger charge is 2.12. The fraction of sp³-hybridized carbons (Fsp3) is 0.208. The van der Waals surface area contributed by atoms with Crippen LogP contribution in [0.4, 0.5) is 0 Å². The van der Waals surface area contributed by atoms with Gasteiger partial charge in [-0.25, -0.2) is 13.1 Å². The summed E-state index contributed by atoms with van der Waals surface area (Å²) in [5.74, 6) is 0.0716. The van der Waals surface area contributed by atoms with E-state index in [-0.39, 0.29) is 31.4 Å². The van der Waals surface area contributed by atoms with E-state index in [0.717, 1.165) is 16.7 Å². The fourth-order valence-electron chi connectivity index (χ4n) is 2.99. The van der Waals surface area contributed by atoms with Crippen molar-refractivity contribution < 1.29 is 17.9 Å². The average molecular weight is 439 g/mol. The molecular weight excluding hydrogens is 412 g/mol. The van der Waals surface area contributed by atoms with Crippen LogP contribution in [0, 0.1) is 0 Å². The Labute approximate surface area is 183 Å². The van der Waals surface area contributed by atoms with Crippen molar-refractivity contribution in [1.29, 1.82) is 0 Å². The molecule has 2 N–H and O–H groups in total. The number of carbonyl (C=O) groups excluding carboxylic acids is 1. The molecule has 0 unspecified atom stereocenters. The van der Waals surface area contributed by atoms with Crippen molar-refractivity contribution >= 4 is 15.9 Å². The van der Waals surface area contributed by atoms with Crippen molar-refractivity contribution in [2.75, 3.05) is 18.9 Å². The van der Waals surface area contributed by atoms with Gasteiger partial charge in [-0.3, -0.25) is 4.79 Å². The molecule has 1 amide bonds. The first kappa shape index (κ1) is 22.5. The number of amides is 1. The van der Waals surface area contributed by atoms with Gasteiger partial charge in [-0.15, -0.1) is 0 Å². The molecule has 0 heterocycles. The summed E-state index contributed by atoms with van der Waals surface area (Å²) in [7, 11) is -3.49. The molecule has 3 aromatic carbocycles. The Hall–Kier alpha value is -3.16. The van der Waals surface area contributed by atoms with Gasteiger partial charge in [0.2, 0.25) is 10.0 Å². The van der Waals surface area contributed by atoms with Gasteiger partial charge in [0.05, 0.1) is 5.75 Å². The Morgan fingerprint density at radius 2 is 1.42 bits per heavy atom. The normalized spacial score (nSPS) is 11.1. The molecule has 0 saturated heterocycles. The van der Waals surface area contributed by atoms with Gasteiger partial charge in [0.25, 0.3) is 5.91 Å². The first-order valence-electron chi connectivity index (χ1n) is 10.0. The molecule has 162 valence electrons. The predicted octanol–water partition coefficient (Wildman–Crippen LogP) is 2.89. The largest absolute Gasteiger partial charge is 0.483 e. The minimum Gasteiger partial charge on any atom is -0.483 e. The molecule has 0 aliphatic carbocycles. The maximum absolute atomic E-state index is 12.1. The molecule has 0 bridgehead atoms. The van der Waals surface area contributed by atoms with Crippen LogP contribution >= 0.6 is 0 Å². The number of hydrogen-bond acceptors (Lipinski definition) is 4. The van der Waals surface area contributed by atoms with Gasteiger partial charge < -0.3 is 10.1 Å². The molecule has 7 heteroatoms. The number of nitrogens with one attached hydrogen (secondary N) is 2. The first-order valence-corrected chi connectivity index (χ1v) is 11.7. The average Bonchev–Trinajstić information content (AvgIpc) is 2.78. The van der Waals surface area contributed by atoms with Crippen LogP contribution in [0.2, 0.25) is 0 Å². The molecular formula is C24H26N2O4S. The molecule has 6 nitrogen and oxygen atoms in total. The van der Waals surface area contributed by atoms with E-state index >= 15 is 0 Å². The third-order valence-corrected chi connectivity index (χ3v) is 5.93. The number of rotatable bonds is 11. The Bertz CT molecular complexity index is 1070. The van der Waals surface area contributed by atoms with E-state index in [1.54, 1.807) is 0 Å². The molecule has 0 atom stereocenters. The molecule has 31 heavy (non-hydrogen) atoms. The number of ether oxygens (including phenoxy) is 1. The zero-order valence-corrected chi connectivity index (χ0v) is 18.0. The van der Waals surface area contributed by atoms with Gasteiger partial charge in [0.15, 0.2) is 6.61 Å². The Balaban J connectivity index is 1.42.